The molecule has 0 spiro atoms. The van der Waals surface area contributed by atoms with Crippen molar-refractivity contribution >= 4 is 5.69 Å². The molecule has 2 nitrogen and oxygen atoms in total. The SMILES string of the molecule is CCN(Cc1ccccc1)Cc1ccc2c(c1)CCCN2. The lowest BCUT2D eigenvalue weighted by Gasteiger charge is -2.23. The van der Waals surface area contributed by atoms with Crippen molar-refractivity contribution in [1.29, 1.82) is 0 Å². The maximum absolute atomic E-state index is 3.48. The zero-order valence-electron chi connectivity index (χ0n) is 12.8. The molecule has 0 saturated carbocycles. The van der Waals surface area contributed by atoms with Crippen LogP contribution in [0.4, 0.5) is 5.69 Å². The van der Waals surface area contributed by atoms with Crippen molar-refractivity contribution in [3.05, 3.63) is 65.2 Å². The summed E-state index contributed by atoms with van der Waals surface area (Å²) in [6, 6.07) is 17.6. The van der Waals surface area contributed by atoms with Gasteiger partial charge in [0.05, 0.1) is 0 Å². The van der Waals surface area contributed by atoms with Gasteiger partial charge in [-0.05, 0) is 42.1 Å². The predicted molar refractivity (Wildman–Crippen MR) is 89.5 cm³/mol. The zero-order valence-corrected chi connectivity index (χ0v) is 12.8. The number of hydrogen-bond acceptors (Lipinski definition) is 2. The van der Waals surface area contributed by atoms with Gasteiger partial charge in [0.1, 0.15) is 0 Å². The lowest BCUT2D eigenvalue weighted by atomic mass is 10.0. The Morgan fingerprint density at radius 2 is 1.81 bits per heavy atom. The van der Waals surface area contributed by atoms with Crippen molar-refractivity contribution in [1.82, 2.24) is 4.90 Å². The second kappa shape index (κ2) is 6.77. The standard InChI is InChI=1S/C19H24N2/c1-2-21(14-16-7-4-3-5-8-16)15-17-10-11-19-18(13-17)9-6-12-20-19/h3-5,7-8,10-11,13,20H,2,6,9,12,14-15H2,1H3. The fourth-order valence-electron chi connectivity index (χ4n) is 3.01. The maximum atomic E-state index is 3.48. The van der Waals surface area contributed by atoms with Gasteiger partial charge >= 0.3 is 0 Å². The van der Waals surface area contributed by atoms with Crippen LogP contribution in [0, 0.1) is 0 Å². The molecule has 1 aliphatic heterocycles. The van der Waals surface area contributed by atoms with E-state index in [1.165, 1.54) is 35.2 Å². The van der Waals surface area contributed by atoms with Crippen LogP contribution >= 0.6 is 0 Å². The van der Waals surface area contributed by atoms with Crippen molar-refractivity contribution in [2.24, 2.45) is 0 Å². The zero-order chi connectivity index (χ0) is 14.5. The number of anilines is 1. The Kier molecular flexibility index (Phi) is 4.56. The number of aryl methyl sites for hydroxylation is 1. The van der Waals surface area contributed by atoms with Gasteiger partial charge in [0.2, 0.25) is 0 Å². The van der Waals surface area contributed by atoms with Crippen molar-refractivity contribution in [3.63, 3.8) is 0 Å². The molecule has 110 valence electrons. The van der Waals surface area contributed by atoms with Gasteiger partial charge in [0.15, 0.2) is 0 Å². The van der Waals surface area contributed by atoms with Crippen LogP contribution in [0.5, 0.6) is 0 Å². The number of fused-ring (bicyclic) bond motifs is 1. The third-order valence-corrected chi connectivity index (χ3v) is 4.21. The predicted octanol–water partition coefficient (Wildman–Crippen LogP) is 4.07. The summed E-state index contributed by atoms with van der Waals surface area (Å²) in [5.41, 5.74) is 5.62. The molecular weight excluding hydrogens is 256 g/mol. The molecular formula is C19H24N2. The molecule has 2 aromatic rings. The van der Waals surface area contributed by atoms with E-state index in [4.69, 9.17) is 0 Å². The molecule has 0 atom stereocenters. The summed E-state index contributed by atoms with van der Waals surface area (Å²) in [5, 5.41) is 3.48. The van der Waals surface area contributed by atoms with Gasteiger partial charge in [0, 0.05) is 25.3 Å². The fraction of sp³-hybridized carbons (Fsp3) is 0.368. The molecule has 3 rings (SSSR count). The number of hydrogen-bond donors (Lipinski definition) is 1. The van der Waals surface area contributed by atoms with Crippen molar-refractivity contribution < 1.29 is 0 Å². The first-order valence-electron chi connectivity index (χ1n) is 7.97. The van der Waals surface area contributed by atoms with Crippen LogP contribution in [0.25, 0.3) is 0 Å². The van der Waals surface area contributed by atoms with Gasteiger partial charge in [-0.2, -0.15) is 0 Å². The molecule has 0 aliphatic carbocycles. The second-order valence-electron chi connectivity index (χ2n) is 5.81. The monoisotopic (exact) mass is 280 g/mol. The van der Waals surface area contributed by atoms with Gasteiger partial charge in [0.25, 0.3) is 0 Å². The summed E-state index contributed by atoms with van der Waals surface area (Å²) in [6.07, 6.45) is 2.46. The lowest BCUT2D eigenvalue weighted by Crippen LogP contribution is -2.22. The molecule has 0 saturated heterocycles. The van der Waals surface area contributed by atoms with Gasteiger partial charge in [-0.25, -0.2) is 0 Å². The summed E-state index contributed by atoms with van der Waals surface area (Å²) in [5.74, 6) is 0. The Morgan fingerprint density at radius 1 is 1.00 bits per heavy atom. The smallest absolute Gasteiger partial charge is 0.0372 e. The number of rotatable bonds is 5. The van der Waals surface area contributed by atoms with E-state index in [0.29, 0.717) is 0 Å². The van der Waals surface area contributed by atoms with Crippen LogP contribution < -0.4 is 5.32 Å². The van der Waals surface area contributed by atoms with Gasteiger partial charge in [-0.3, -0.25) is 4.90 Å². The quantitative estimate of drug-likeness (QED) is 0.888. The Labute approximate surface area is 127 Å². The Bertz CT molecular complexity index is 577. The normalized spacial score (nSPS) is 13.8. The van der Waals surface area contributed by atoms with E-state index in [9.17, 15) is 0 Å². The summed E-state index contributed by atoms with van der Waals surface area (Å²) < 4.78 is 0. The Hall–Kier alpha value is -1.80. The van der Waals surface area contributed by atoms with E-state index in [-0.39, 0.29) is 0 Å². The van der Waals surface area contributed by atoms with Crippen molar-refractivity contribution in [2.45, 2.75) is 32.9 Å². The van der Waals surface area contributed by atoms with Crippen molar-refractivity contribution in [3.8, 4) is 0 Å². The van der Waals surface area contributed by atoms with Crippen LogP contribution in [-0.4, -0.2) is 18.0 Å². The van der Waals surface area contributed by atoms with E-state index < -0.39 is 0 Å². The fourth-order valence-corrected chi connectivity index (χ4v) is 3.01. The van der Waals surface area contributed by atoms with E-state index in [1.54, 1.807) is 0 Å². The third-order valence-electron chi connectivity index (χ3n) is 4.21. The lowest BCUT2D eigenvalue weighted by molar-refractivity contribution is 0.271. The van der Waals surface area contributed by atoms with Crippen molar-refractivity contribution in [2.75, 3.05) is 18.4 Å². The highest BCUT2D eigenvalue weighted by Gasteiger charge is 2.10. The topological polar surface area (TPSA) is 15.3 Å². The molecule has 2 aromatic carbocycles. The largest absolute Gasteiger partial charge is 0.385 e. The molecule has 1 N–H and O–H groups in total. The first-order valence-corrected chi connectivity index (χ1v) is 7.97. The molecule has 21 heavy (non-hydrogen) atoms. The molecule has 0 aromatic heterocycles. The molecule has 1 aliphatic rings. The van der Waals surface area contributed by atoms with Crippen LogP contribution in [-0.2, 0) is 19.5 Å². The summed E-state index contributed by atoms with van der Waals surface area (Å²) in [6.45, 7) is 6.47. The van der Waals surface area contributed by atoms with E-state index in [1.807, 2.05) is 0 Å². The first-order chi connectivity index (χ1) is 10.3. The Morgan fingerprint density at radius 3 is 2.62 bits per heavy atom. The minimum Gasteiger partial charge on any atom is -0.385 e. The molecule has 0 fully saturated rings. The molecule has 0 bridgehead atoms. The van der Waals surface area contributed by atoms with Gasteiger partial charge in [-0.1, -0.05) is 49.4 Å². The van der Waals surface area contributed by atoms with E-state index in [0.717, 1.165) is 26.2 Å². The van der Waals surface area contributed by atoms with Crippen LogP contribution in [0.1, 0.15) is 30.0 Å². The second-order valence-corrected chi connectivity index (χ2v) is 5.81. The summed E-state index contributed by atoms with van der Waals surface area (Å²) >= 11 is 0. The average molecular weight is 280 g/mol. The average Bonchev–Trinajstić information content (AvgIpc) is 2.55. The molecule has 2 heteroatoms. The minimum atomic E-state index is 1.02. The molecule has 0 radical (unpaired) electrons. The molecule has 1 heterocycles. The van der Waals surface area contributed by atoms with E-state index in [2.05, 4.69) is 65.7 Å². The summed E-state index contributed by atoms with van der Waals surface area (Å²) in [4.78, 5) is 2.49. The maximum Gasteiger partial charge on any atom is 0.0372 e. The Balaban J connectivity index is 1.69. The third kappa shape index (κ3) is 3.64. The molecule has 0 amide bonds. The van der Waals surface area contributed by atoms with Crippen LogP contribution in [0.15, 0.2) is 48.5 Å². The number of benzene rings is 2. The van der Waals surface area contributed by atoms with Gasteiger partial charge < -0.3 is 5.32 Å². The van der Waals surface area contributed by atoms with Crippen LogP contribution in [0.2, 0.25) is 0 Å². The summed E-state index contributed by atoms with van der Waals surface area (Å²) in [7, 11) is 0. The molecule has 0 unspecified atom stereocenters. The first kappa shape index (κ1) is 14.2. The highest BCUT2D eigenvalue weighted by Crippen LogP contribution is 2.23. The highest BCUT2D eigenvalue weighted by atomic mass is 15.1. The van der Waals surface area contributed by atoms with E-state index >= 15 is 0 Å². The minimum absolute atomic E-state index is 1.02. The number of nitrogens with zero attached hydrogens (tertiary/aromatic N) is 1. The van der Waals surface area contributed by atoms with Crippen LogP contribution in [0.3, 0.4) is 0 Å². The number of nitrogens with one attached hydrogen (secondary N) is 1. The van der Waals surface area contributed by atoms with Gasteiger partial charge in [-0.15, -0.1) is 0 Å². The highest BCUT2D eigenvalue weighted by molar-refractivity contribution is 5.54.